The second kappa shape index (κ2) is 8.95. The van der Waals surface area contributed by atoms with Crippen LogP contribution in [0.3, 0.4) is 0 Å². The zero-order valence-electron chi connectivity index (χ0n) is 16.0. The lowest BCUT2D eigenvalue weighted by Gasteiger charge is -2.35. The van der Waals surface area contributed by atoms with Gasteiger partial charge in [-0.2, -0.15) is 0 Å². The predicted molar refractivity (Wildman–Crippen MR) is 113 cm³/mol. The number of halogens is 2. The van der Waals surface area contributed by atoms with E-state index in [1.54, 1.807) is 18.2 Å². The molecule has 0 spiro atoms. The van der Waals surface area contributed by atoms with Gasteiger partial charge in [-0.05, 0) is 36.2 Å². The Bertz CT molecular complexity index is 893. The van der Waals surface area contributed by atoms with Crippen LogP contribution in [-0.2, 0) is 11.3 Å². The van der Waals surface area contributed by atoms with Gasteiger partial charge in [0.1, 0.15) is 0 Å². The molecule has 2 aromatic rings. The van der Waals surface area contributed by atoms with Gasteiger partial charge in [0, 0.05) is 50.9 Å². The number of hydrogen-bond donors (Lipinski definition) is 1. The Kier molecular flexibility index (Phi) is 6.60. The van der Waals surface area contributed by atoms with Gasteiger partial charge in [0.15, 0.2) is 0 Å². The minimum atomic E-state index is -0.152. The third-order valence-corrected chi connectivity index (χ3v) is 5.74. The maximum Gasteiger partial charge on any atom is 0.254 e. The van der Waals surface area contributed by atoms with Gasteiger partial charge >= 0.3 is 0 Å². The van der Waals surface area contributed by atoms with Crippen molar-refractivity contribution in [2.45, 2.75) is 20.4 Å². The first-order chi connectivity index (χ1) is 13.3. The summed E-state index contributed by atoms with van der Waals surface area (Å²) in [6.07, 6.45) is 0. The standard InChI is InChI=1S/C21H23Cl2N3O2/c1-14-6-7-16(12-19(14)24-15(2)27)21(28)26-10-8-25(9-11-26)13-17-4-3-5-18(22)20(17)23/h3-7,12H,8-11,13H2,1-2H3,(H,24,27). The highest BCUT2D eigenvalue weighted by Crippen LogP contribution is 2.27. The van der Waals surface area contributed by atoms with Crippen LogP contribution in [0.15, 0.2) is 36.4 Å². The molecule has 5 nitrogen and oxygen atoms in total. The molecule has 0 atom stereocenters. The Balaban J connectivity index is 1.62. The van der Waals surface area contributed by atoms with Gasteiger partial charge in [-0.3, -0.25) is 14.5 Å². The lowest BCUT2D eigenvalue weighted by atomic mass is 10.1. The second-order valence-corrected chi connectivity index (χ2v) is 7.78. The van der Waals surface area contributed by atoms with Crippen LogP contribution in [0.25, 0.3) is 0 Å². The molecule has 0 bridgehead atoms. The van der Waals surface area contributed by atoms with Crippen LogP contribution in [0.4, 0.5) is 5.69 Å². The largest absolute Gasteiger partial charge is 0.336 e. The molecule has 0 aliphatic carbocycles. The highest BCUT2D eigenvalue weighted by atomic mass is 35.5. The number of rotatable bonds is 4. The second-order valence-electron chi connectivity index (χ2n) is 6.99. The van der Waals surface area contributed by atoms with Crippen LogP contribution in [0.1, 0.15) is 28.4 Å². The Morgan fingerprint density at radius 2 is 1.79 bits per heavy atom. The average Bonchev–Trinajstić information content (AvgIpc) is 2.67. The summed E-state index contributed by atoms with van der Waals surface area (Å²) in [7, 11) is 0. The van der Waals surface area contributed by atoms with Gasteiger partial charge in [0.05, 0.1) is 10.0 Å². The summed E-state index contributed by atoms with van der Waals surface area (Å²) in [5.41, 5.74) is 3.18. The first kappa shape index (κ1) is 20.6. The smallest absolute Gasteiger partial charge is 0.254 e. The number of anilines is 1. The molecule has 148 valence electrons. The van der Waals surface area contributed by atoms with E-state index in [4.69, 9.17) is 23.2 Å². The van der Waals surface area contributed by atoms with Crippen molar-refractivity contribution in [3.8, 4) is 0 Å². The average molecular weight is 420 g/mol. The van der Waals surface area contributed by atoms with Gasteiger partial charge in [0.25, 0.3) is 5.91 Å². The molecule has 28 heavy (non-hydrogen) atoms. The van der Waals surface area contributed by atoms with Gasteiger partial charge in [-0.25, -0.2) is 0 Å². The molecule has 0 radical (unpaired) electrons. The van der Waals surface area contributed by atoms with E-state index in [1.165, 1.54) is 6.92 Å². The van der Waals surface area contributed by atoms with Crippen LogP contribution >= 0.6 is 23.2 Å². The van der Waals surface area contributed by atoms with Crippen LogP contribution in [0.5, 0.6) is 0 Å². The fourth-order valence-electron chi connectivity index (χ4n) is 3.28. The highest BCUT2D eigenvalue weighted by molar-refractivity contribution is 6.42. The van der Waals surface area contributed by atoms with E-state index in [1.807, 2.05) is 30.0 Å². The lowest BCUT2D eigenvalue weighted by Crippen LogP contribution is -2.48. The topological polar surface area (TPSA) is 52.7 Å². The third-order valence-electron chi connectivity index (χ3n) is 4.88. The molecule has 1 aliphatic rings. The van der Waals surface area contributed by atoms with Gasteiger partial charge in [0.2, 0.25) is 5.91 Å². The lowest BCUT2D eigenvalue weighted by molar-refractivity contribution is -0.114. The quantitative estimate of drug-likeness (QED) is 0.806. The molecule has 1 heterocycles. The number of nitrogens with zero attached hydrogens (tertiary/aromatic N) is 2. The van der Waals surface area contributed by atoms with Crippen molar-refractivity contribution < 1.29 is 9.59 Å². The van der Waals surface area contributed by atoms with Gasteiger partial charge in [-0.1, -0.05) is 41.4 Å². The molecule has 0 aromatic heterocycles. The van der Waals surface area contributed by atoms with Crippen LogP contribution in [0.2, 0.25) is 10.0 Å². The summed E-state index contributed by atoms with van der Waals surface area (Å²) in [4.78, 5) is 28.3. The molecular weight excluding hydrogens is 397 g/mol. The minimum absolute atomic E-state index is 0.0213. The van der Waals surface area contributed by atoms with Crippen molar-refractivity contribution in [2.75, 3.05) is 31.5 Å². The number of carbonyl (C=O) groups is 2. The maximum atomic E-state index is 12.9. The van der Waals surface area contributed by atoms with E-state index >= 15 is 0 Å². The van der Waals surface area contributed by atoms with Crippen molar-refractivity contribution in [1.82, 2.24) is 9.80 Å². The van der Waals surface area contributed by atoms with E-state index in [-0.39, 0.29) is 11.8 Å². The van der Waals surface area contributed by atoms with Crippen LogP contribution < -0.4 is 5.32 Å². The SMILES string of the molecule is CC(=O)Nc1cc(C(=O)N2CCN(Cc3cccc(Cl)c3Cl)CC2)ccc1C. The Morgan fingerprint density at radius 3 is 2.46 bits per heavy atom. The summed E-state index contributed by atoms with van der Waals surface area (Å²) in [6, 6.07) is 11.1. The Morgan fingerprint density at radius 1 is 1.07 bits per heavy atom. The fourth-order valence-corrected chi connectivity index (χ4v) is 3.66. The first-order valence-corrected chi connectivity index (χ1v) is 9.93. The monoisotopic (exact) mass is 419 g/mol. The summed E-state index contributed by atoms with van der Waals surface area (Å²) >= 11 is 12.4. The molecule has 7 heteroatoms. The molecule has 2 aromatic carbocycles. The van der Waals surface area contributed by atoms with E-state index in [9.17, 15) is 9.59 Å². The normalized spacial score (nSPS) is 14.8. The number of hydrogen-bond acceptors (Lipinski definition) is 3. The fraction of sp³-hybridized carbons (Fsp3) is 0.333. The van der Waals surface area contributed by atoms with E-state index in [2.05, 4.69) is 10.2 Å². The van der Waals surface area contributed by atoms with Crippen LogP contribution in [-0.4, -0.2) is 47.8 Å². The van der Waals surface area contributed by atoms with Gasteiger partial charge < -0.3 is 10.2 Å². The highest BCUT2D eigenvalue weighted by Gasteiger charge is 2.23. The molecule has 1 saturated heterocycles. The predicted octanol–water partition coefficient (Wildman–Crippen LogP) is 4.22. The number of benzene rings is 2. The molecule has 2 amide bonds. The van der Waals surface area contributed by atoms with E-state index in [0.717, 1.165) is 24.2 Å². The van der Waals surface area contributed by atoms with E-state index in [0.29, 0.717) is 40.9 Å². The zero-order chi connectivity index (χ0) is 20.3. The molecule has 0 unspecified atom stereocenters. The number of nitrogens with one attached hydrogen (secondary N) is 1. The van der Waals surface area contributed by atoms with Gasteiger partial charge in [-0.15, -0.1) is 0 Å². The minimum Gasteiger partial charge on any atom is -0.336 e. The molecule has 1 aliphatic heterocycles. The zero-order valence-corrected chi connectivity index (χ0v) is 17.5. The van der Waals surface area contributed by atoms with Crippen molar-refractivity contribution in [1.29, 1.82) is 0 Å². The summed E-state index contributed by atoms with van der Waals surface area (Å²) in [5.74, 6) is -0.173. The Labute approximate surface area is 175 Å². The third kappa shape index (κ3) is 4.85. The molecule has 0 saturated carbocycles. The first-order valence-electron chi connectivity index (χ1n) is 9.18. The summed E-state index contributed by atoms with van der Waals surface area (Å²) in [6.45, 7) is 6.87. The Hall–Kier alpha value is -2.08. The number of amides is 2. The summed E-state index contributed by atoms with van der Waals surface area (Å²) in [5, 5.41) is 3.92. The molecule has 3 rings (SSSR count). The van der Waals surface area contributed by atoms with E-state index < -0.39 is 0 Å². The maximum absolute atomic E-state index is 12.9. The summed E-state index contributed by atoms with van der Waals surface area (Å²) < 4.78 is 0. The van der Waals surface area contributed by atoms with Crippen molar-refractivity contribution in [3.63, 3.8) is 0 Å². The molecule has 1 N–H and O–H groups in total. The molecule has 1 fully saturated rings. The number of aryl methyl sites for hydroxylation is 1. The molecular formula is C21H23Cl2N3O2. The number of carbonyl (C=O) groups excluding carboxylic acids is 2. The number of piperazine rings is 1. The van der Waals surface area contributed by atoms with Crippen LogP contribution in [0, 0.1) is 6.92 Å². The van der Waals surface area contributed by atoms with Crippen molar-refractivity contribution in [2.24, 2.45) is 0 Å². The van der Waals surface area contributed by atoms with Crippen molar-refractivity contribution >= 4 is 40.7 Å². The van der Waals surface area contributed by atoms with Crippen molar-refractivity contribution in [3.05, 3.63) is 63.1 Å².